The summed E-state index contributed by atoms with van der Waals surface area (Å²) < 4.78 is 0. The fourth-order valence-corrected chi connectivity index (χ4v) is 3.66. The van der Waals surface area contributed by atoms with E-state index in [1.54, 1.807) is 18.2 Å². The summed E-state index contributed by atoms with van der Waals surface area (Å²) in [6.07, 6.45) is 0. The summed E-state index contributed by atoms with van der Waals surface area (Å²) >= 11 is 0. The third-order valence-corrected chi connectivity index (χ3v) is 4.69. The number of fused-ring (bicyclic) bond motifs is 2. The van der Waals surface area contributed by atoms with Crippen LogP contribution in [0.15, 0.2) is 60.7 Å². The van der Waals surface area contributed by atoms with Gasteiger partial charge >= 0.3 is 0 Å². The van der Waals surface area contributed by atoms with Crippen LogP contribution in [0.25, 0.3) is 10.9 Å². The van der Waals surface area contributed by atoms with Gasteiger partial charge in [-0.3, -0.25) is 9.69 Å². The maximum absolute atomic E-state index is 13.0. The molecule has 0 saturated carbocycles. The predicted octanol–water partition coefficient (Wildman–Crippen LogP) is 3.68. The number of pyridine rings is 1. The van der Waals surface area contributed by atoms with Crippen molar-refractivity contribution in [3.05, 3.63) is 77.5 Å². The van der Waals surface area contributed by atoms with E-state index in [0.29, 0.717) is 16.8 Å². The van der Waals surface area contributed by atoms with Crippen molar-refractivity contribution in [1.82, 2.24) is 9.88 Å². The zero-order valence-electron chi connectivity index (χ0n) is 14.5. The molecule has 4 rings (SSSR count). The van der Waals surface area contributed by atoms with Gasteiger partial charge in [0.1, 0.15) is 0 Å². The first-order chi connectivity index (χ1) is 11.8. The molecule has 4 heteroatoms. The van der Waals surface area contributed by atoms with E-state index in [9.17, 15) is 9.90 Å². The Morgan fingerprint density at radius 2 is 1.64 bits per heavy atom. The lowest BCUT2D eigenvalue weighted by molar-refractivity contribution is -0.0902. The number of carbonyl (C=O) groups excluding carboxylic acids is 1. The average molecular weight is 332 g/mol. The predicted molar refractivity (Wildman–Crippen MR) is 97.1 cm³/mol. The normalized spacial score (nSPS) is 20.2. The Hall–Kier alpha value is -2.72. The van der Waals surface area contributed by atoms with Gasteiger partial charge in [-0.15, -0.1) is 0 Å². The number of amides is 1. The number of benzene rings is 2. The number of nitrogens with zero attached hydrogens (tertiary/aromatic N) is 2. The van der Waals surface area contributed by atoms with E-state index in [1.165, 1.54) is 4.90 Å². The highest BCUT2D eigenvalue weighted by atomic mass is 16.3. The Balaban J connectivity index is 2.01. The van der Waals surface area contributed by atoms with Crippen LogP contribution in [0.5, 0.6) is 0 Å². The quantitative estimate of drug-likeness (QED) is 0.739. The number of aromatic nitrogens is 1. The van der Waals surface area contributed by atoms with E-state index in [-0.39, 0.29) is 5.91 Å². The SMILES string of the molecule is CC(C)(C)N1C(=O)c2ccccc2[C@]1(O)c1ccc2ccccc2n1. The fourth-order valence-electron chi connectivity index (χ4n) is 3.66. The first-order valence-electron chi connectivity index (χ1n) is 8.36. The minimum absolute atomic E-state index is 0.180. The number of carbonyl (C=O) groups is 1. The van der Waals surface area contributed by atoms with Crippen LogP contribution in [0.4, 0.5) is 0 Å². The van der Waals surface area contributed by atoms with E-state index in [0.717, 1.165) is 10.9 Å². The molecule has 0 bridgehead atoms. The molecule has 0 saturated heterocycles. The number of hydrogen-bond acceptors (Lipinski definition) is 3. The zero-order chi connectivity index (χ0) is 17.8. The molecular formula is C21H20N2O2. The molecule has 1 aliphatic rings. The summed E-state index contributed by atoms with van der Waals surface area (Å²) in [5, 5.41) is 12.8. The van der Waals surface area contributed by atoms with Crippen LogP contribution in [0, 0.1) is 0 Å². The van der Waals surface area contributed by atoms with Crippen LogP contribution in [0.2, 0.25) is 0 Å². The van der Waals surface area contributed by atoms with Crippen LogP contribution in [-0.4, -0.2) is 26.4 Å². The molecule has 126 valence electrons. The Morgan fingerprint density at radius 3 is 2.40 bits per heavy atom. The van der Waals surface area contributed by atoms with Gasteiger partial charge in [-0.05, 0) is 39.0 Å². The van der Waals surface area contributed by atoms with Crippen molar-refractivity contribution in [2.24, 2.45) is 0 Å². The van der Waals surface area contributed by atoms with Gasteiger partial charge in [0.25, 0.3) is 5.91 Å². The lowest BCUT2D eigenvalue weighted by Crippen LogP contribution is -2.54. The van der Waals surface area contributed by atoms with Gasteiger partial charge in [0.2, 0.25) is 5.72 Å². The summed E-state index contributed by atoms with van der Waals surface area (Å²) in [5.41, 5.74) is 0.194. The van der Waals surface area contributed by atoms with Crippen LogP contribution in [0.3, 0.4) is 0 Å². The molecule has 2 aromatic carbocycles. The third kappa shape index (κ3) is 2.18. The standard InChI is InChI=1S/C21H20N2O2/c1-20(2,3)23-19(24)15-9-5-6-10-16(15)21(23,25)18-13-12-14-8-4-7-11-17(14)22-18/h4-13,25H,1-3H3/t21-/m0/s1. The minimum atomic E-state index is -1.59. The maximum Gasteiger partial charge on any atom is 0.257 e. The second-order valence-corrected chi connectivity index (χ2v) is 7.42. The van der Waals surface area contributed by atoms with E-state index < -0.39 is 11.3 Å². The lowest BCUT2D eigenvalue weighted by atomic mass is 9.94. The lowest BCUT2D eigenvalue weighted by Gasteiger charge is -2.42. The number of para-hydroxylation sites is 1. The second kappa shape index (κ2) is 5.14. The van der Waals surface area contributed by atoms with Crippen molar-refractivity contribution in [3.63, 3.8) is 0 Å². The topological polar surface area (TPSA) is 53.4 Å². The van der Waals surface area contributed by atoms with E-state index >= 15 is 0 Å². The molecule has 2 heterocycles. The van der Waals surface area contributed by atoms with Gasteiger partial charge in [0.15, 0.2) is 0 Å². The average Bonchev–Trinajstić information content (AvgIpc) is 2.83. The molecule has 0 spiro atoms. The van der Waals surface area contributed by atoms with E-state index in [4.69, 9.17) is 0 Å². The van der Waals surface area contributed by atoms with Crippen LogP contribution in [0.1, 0.15) is 42.4 Å². The summed E-state index contributed by atoms with van der Waals surface area (Å²) in [6, 6.07) is 18.7. The minimum Gasteiger partial charge on any atom is -0.362 e. The summed E-state index contributed by atoms with van der Waals surface area (Å²) in [7, 11) is 0. The van der Waals surface area contributed by atoms with Crippen LogP contribution >= 0.6 is 0 Å². The van der Waals surface area contributed by atoms with Crippen molar-refractivity contribution in [3.8, 4) is 0 Å². The number of rotatable bonds is 1. The van der Waals surface area contributed by atoms with Crippen molar-refractivity contribution in [1.29, 1.82) is 0 Å². The van der Waals surface area contributed by atoms with E-state index in [1.807, 2.05) is 63.2 Å². The molecule has 0 radical (unpaired) electrons. The molecule has 0 fully saturated rings. The largest absolute Gasteiger partial charge is 0.362 e. The van der Waals surface area contributed by atoms with Crippen molar-refractivity contribution in [2.75, 3.05) is 0 Å². The monoisotopic (exact) mass is 332 g/mol. The van der Waals surface area contributed by atoms with Gasteiger partial charge < -0.3 is 5.11 Å². The van der Waals surface area contributed by atoms with Crippen molar-refractivity contribution < 1.29 is 9.90 Å². The fraction of sp³-hybridized carbons (Fsp3) is 0.238. The molecule has 0 unspecified atom stereocenters. The molecule has 0 aliphatic carbocycles. The smallest absolute Gasteiger partial charge is 0.257 e. The molecule has 1 aromatic heterocycles. The number of hydrogen-bond donors (Lipinski definition) is 1. The summed E-state index contributed by atoms with van der Waals surface area (Å²) in [6.45, 7) is 5.76. The van der Waals surface area contributed by atoms with Gasteiger partial charge in [-0.25, -0.2) is 4.98 Å². The van der Waals surface area contributed by atoms with Crippen molar-refractivity contribution >= 4 is 16.8 Å². The summed E-state index contributed by atoms with van der Waals surface area (Å²) in [4.78, 5) is 19.2. The zero-order valence-corrected chi connectivity index (χ0v) is 14.5. The molecule has 1 atom stereocenters. The third-order valence-electron chi connectivity index (χ3n) is 4.69. The van der Waals surface area contributed by atoms with Gasteiger partial charge in [-0.1, -0.05) is 42.5 Å². The Bertz CT molecular complexity index is 990. The second-order valence-electron chi connectivity index (χ2n) is 7.42. The molecular weight excluding hydrogens is 312 g/mol. The van der Waals surface area contributed by atoms with Gasteiger partial charge in [-0.2, -0.15) is 0 Å². The summed E-state index contributed by atoms with van der Waals surface area (Å²) in [5.74, 6) is -0.180. The van der Waals surface area contributed by atoms with Gasteiger partial charge in [0.05, 0.1) is 11.2 Å². The Labute approximate surface area is 146 Å². The highest BCUT2D eigenvalue weighted by Crippen LogP contribution is 2.45. The maximum atomic E-state index is 13.0. The van der Waals surface area contributed by atoms with Crippen molar-refractivity contribution in [2.45, 2.75) is 32.0 Å². The Kier molecular flexibility index (Phi) is 3.24. The van der Waals surface area contributed by atoms with Crippen LogP contribution < -0.4 is 0 Å². The van der Waals surface area contributed by atoms with E-state index in [2.05, 4.69) is 4.98 Å². The highest BCUT2D eigenvalue weighted by molar-refractivity contribution is 6.00. The van der Waals surface area contributed by atoms with Crippen LogP contribution in [-0.2, 0) is 5.72 Å². The first kappa shape index (κ1) is 15.8. The molecule has 1 amide bonds. The number of aliphatic hydroxyl groups is 1. The Morgan fingerprint density at radius 1 is 0.960 bits per heavy atom. The molecule has 1 aliphatic heterocycles. The molecule has 25 heavy (non-hydrogen) atoms. The highest BCUT2D eigenvalue weighted by Gasteiger charge is 2.54. The van der Waals surface area contributed by atoms with Gasteiger partial charge in [0, 0.05) is 22.1 Å². The molecule has 3 aromatic rings. The molecule has 4 nitrogen and oxygen atoms in total. The first-order valence-corrected chi connectivity index (χ1v) is 8.36. The molecule has 1 N–H and O–H groups in total.